The van der Waals surface area contributed by atoms with Gasteiger partial charge in [0.05, 0.1) is 5.02 Å². The van der Waals surface area contributed by atoms with Gasteiger partial charge in [-0.2, -0.15) is 0 Å². The first-order valence-corrected chi connectivity index (χ1v) is 5.73. The summed E-state index contributed by atoms with van der Waals surface area (Å²) in [7, 11) is 0. The Hall–Kier alpha value is -1.58. The minimum Gasteiger partial charge on any atom is -0.506 e. The number of ketones is 1. The Morgan fingerprint density at radius 2 is 1.61 bits per heavy atom. The Morgan fingerprint density at radius 1 is 1.00 bits per heavy atom. The lowest BCUT2D eigenvalue weighted by atomic mass is 10.0. The second-order valence-electron chi connectivity index (χ2n) is 3.60. The van der Waals surface area contributed by atoms with Gasteiger partial charge in [0.2, 0.25) is 0 Å². The molecule has 2 nitrogen and oxygen atoms in total. The summed E-state index contributed by atoms with van der Waals surface area (Å²) in [4.78, 5) is 12.1. The van der Waals surface area contributed by atoms with E-state index in [1.54, 1.807) is 0 Å². The van der Waals surface area contributed by atoms with Crippen LogP contribution in [0.25, 0.3) is 0 Å². The predicted molar refractivity (Wildman–Crippen MR) is 68.0 cm³/mol. The van der Waals surface area contributed by atoms with Gasteiger partial charge in [0.15, 0.2) is 5.78 Å². The van der Waals surface area contributed by atoms with E-state index in [1.807, 2.05) is 0 Å². The van der Waals surface area contributed by atoms with Gasteiger partial charge >= 0.3 is 0 Å². The van der Waals surface area contributed by atoms with Crippen LogP contribution in [0.1, 0.15) is 15.9 Å². The van der Waals surface area contributed by atoms with Crippen LogP contribution in [0.15, 0.2) is 36.4 Å². The molecule has 0 heterocycles. The second kappa shape index (κ2) is 4.96. The van der Waals surface area contributed by atoms with E-state index in [-0.39, 0.29) is 27.1 Å². The summed E-state index contributed by atoms with van der Waals surface area (Å²) in [5, 5.41) is 9.23. The number of halogens is 3. The zero-order chi connectivity index (χ0) is 13.3. The smallest absolute Gasteiger partial charge is 0.194 e. The molecule has 0 saturated heterocycles. The molecule has 0 radical (unpaired) electrons. The topological polar surface area (TPSA) is 37.3 Å². The monoisotopic (exact) mass is 284 g/mol. The fraction of sp³-hybridized carbons (Fsp3) is 0. The maximum Gasteiger partial charge on any atom is 0.194 e. The van der Waals surface area contributed by atoms with Crippen molar-refractivity contribution >= 4 is 29.0 Å². The third-order valence-corrected chi connectivity index (χ3v) is 3.28. The van der Waals surface area contributed by atoms with Crippen molar-refractivity contribution in [3.05, 3.63) is 63.4 Å². The molecule has 0 saturated carbocycles. The largest absolute Gasteiger partial charge is 0.506 e. The van der Waals surface area contributed by atoms with Crippen molar-refractivity contribution in [2.45, 2.75) is 0 Å². The summed E-state index contributed by atoms with van der Waals surface area (Å²) in [6.45, 7) is 0. The van der Waals surface area contributed by atoms with Crippen molar-refractivity contribution in [1.82, 2.24) is 0 Å². The number of carbonyl (C=O) groups is 1. The van der Waals surface area contributed by atoms with Gasteiger partial charge in [0.1, 0.15) is 16.6 Å². The van der Waals surface area contributed by atoms with E-state index >= 15 is 0 Å². The normalized spacial score (nSPS) is 10.4. The summed E-state index contributed by atoms with van der Waals surface area (Å²) in [6, 6.07) is 7.73. The minimum atomic E-state index is -0.429. The fourth-order valence-corrected chi connectivity index (χ4v) is 1.88. The molecule has 0 bridgehead atoms. The van der Waals surface area contributed by atoms with Crippen molar-refractivity contribution in [1.29, 1.82) is 0 Å². The van der Waals surface area contributed by atoms with Crippen LogP contribution in [0.4, 0.5) is 4.39 Å². The molecular formula is C13H7Cl2FO2. The fourth-order valence-electron chi connectivity index (χ4n) is 1.47. The summed E-state index contributed by atoms with van der Waals surface area (Å²) in [5.41, 5.74) is 0.450. The molecular weight excluding hydrogens is 278 g/mol. The van der Waals surface area contributed by atoms with Crippen LogP contribution in [0.3, 0.4) is 0 Å². The number of rotatable bonds is 2. The molecule has 5 heteroatoms. The van der Waals surface area contributed by atoms with Gasteiger partial charge in [0, 0.05) is 11.1 Å². The Morgan fingerprint density at radius 3 is 2.22 bits per heavy atom. The van der Waals surface area contributed by atoms with Gasteiger partial charge in [-0.3, -0.25) is 4.79 Å². The molecule has 0 aliphatic heterocycles. The van der Waals surface area contributed by atoms with Gasteiger partial charge in [-0.15, -0.1) is 0 Å². The van der Waals surface area contributed by atoms with Crippen molar-refractivity contribution in [2.24, 2.45) is 0 Å². The van der Waals surface area contributed by atoms with Crippen molar-refractivity contribution in [3.63, 3.8) is 0 Å². The van der Waals surface area contributed by atoms with Crippen molar-refractivity contribution in [2.75, 3.05) is 0 Å². The summed E-state index contributed by atoms with van der Waals surface area (Å²) in [5.74, 6) is -1.01. The summed E-state index contributed by atoms with van der Waals surface area (Å²) < 4.78 is 12.8. The van der Waals surface area contributed by atoms with Crippen LogP contribution >= 0.6 is 23.2 Å². The highest BCUT2D eigenvalue weighted by Crippen LogP contribution is 2.34. The zero-order valence-corrected chi connectivity index (χ0v) is 10.5. The highest BCUT2D eigenvalue weighted by Gasteiger charge is 2.17. The number of hydrogen-bond acceptors (Lipinski definition) is 2. The Balaban J connectivity index is 2.46. The molecule has 2 rings (SSSR count). The molecule has 2 aromatic rings. The lowest BCUT2D eigenvalue weighted by Crippen LogP contribution is -2.02. The molecule has 2 aromatic carbocycles. The van der Waals surface area contributed by atoms with E-state index < -0.39 is 5.82 Å². The first-order valence-electron chi connectivity index (χ1n) is 4.98. The number of aromatic hydroxyl groups is 1. The van der Waals surface area contributed by atoms with Crippen LogP contribution in [-0.4, -0.2) is 10.9 Å². The van der Waals surface area contributed by atoms with E-state index in [0.717, 1.165) is 0 Å². The Labute approximate surface area is 113 Å². The predicted octanol–water partition coefficient (Wildman–Crippen LogP) is 4.07. The highest BCUT2D eigenvalue weighted by molar-refractivity contribution is 6.45. The van der Waals surface area contributed by atoms with Gasteiger partial charge in [-0.25, -0.2) is 4.39 Å². The van der Waals surface area contributed by atoms with Crippen molar-refractivity contribution < 1.29 is 14.3 Å². The number of benzene rings is 2. The quantitative estimate of drug-likeness (QED) is 0.844. The van der Waals surface area contributed by atoms with Gasteiger partial charge in [-0.05, 0) is 36.4 Å². The first kappa shape index (κ1) is 12.9. The molecule has 0 aliphatic rings. The SMILES string of the molecule is O=C(c1ccc(F)cc1)c1ccc(O)c(Cl)c1Cl. The number of hydrogen-bond donors (Lipinski definition) is 1. The van der Waals surface area contributed by atoms with E-state index in [2.05, 4.69) is 0 Å². The average Bonchev–Trinajstić information content (AvgIpc) is 2.36. The lowest BCUT2D eigenvalue weighted by molar-refractivity contribution is 0.103. The molecule has 0 amide bonds. The molecule has 92 valence electrons. The van der Waals surface area contributed by atoms with Gasteiger partial charge in [0.25, 0.3) is 0 Å². The third kappa shape index (κ3) is 2.33. The van der Waals surface area contributed by atoms with Gasteiger partial charge in [-0.1, -0.05) is 23.2 Å². The van der Waals surface area contributed by atoms with Crippen LogP contribution in [0.5, 0.6) is 5.75 Å². The Kier molecular flexibility index (Phi) is 3.55. The lowest BCUT2D eigenvalue weighted by Gasteiger charge is -2.06. The number of carbonyl (C=O) groups excluding carboxylic acids is 1. The van der Waals surface area contributed by atoms with Gasteiger partial charge < -0.3 is 5.11 Å². The summed E-state index contributed by atoms with van der Waals surface area (Å²) in [6.07, 6.45) is 0. The maximum absolute atomic E-state index is 12.8. The van der Waals surface area contributed by atoms with E-state index in [9.17, 15) is 14.3 Å². The number of phenolic OH excluding ortho intramolecular Hbond substituents is 1. The summed E-state index contributed by atoms with van der Waals surface area (Å²) >= 11 is 11.6. The third-order valence-electron chi connectivity index (χ3n) is 2.41. The maximum atomic E-state index is 12.8. The standard InChI is InChI=1S/C13H7Cl2FO2/c14-11-9(5-6-10(17)12(11)15)13(18)7-1-3-8(16)4-2-7/h1-6,17H. The molecule has 0 aliphatic carbocycles. The highest BCUT2D eigenvalue weighted by atomic mass is 35.5. The van der Waals surface area contributed by atoms with Crippen molar-refractivity contribution in [3.8, 4) is 5.75 Å². The van der Waals surface area contributed by atoms with E-state index in [1.165, 1.54) is 36.4 Å². The molecule has 0 spiro atoms. The molecule has 0 aromatic heterocycles. The van der Waals surface area contributed by atoms with Crippen LogP contribution in [0, 0.1) is 5.82 Å². The number of phenols is 1. The second-order valence-corrected chi connectivity index (χ2v) is 4.35. The molecule has 0 atom stereocenters. The molecule has 18 heavy (non-hydrogen) atoms. The van der Waals surface area contributed by atoms with E-state index in [4.69, 9.17) is 23.2 Å². The van der Waals surface area contributed by atoms with Crippen LogP contribution < -0.4 is 0 Å². The zero-order valence-electron chi connectivity index (χ0n) is 8.95. The van der Waals surface area contributed by atoms with Crippen LogP contribution in [0.2, 0.25) is 10.0 Å². The molecule has 1 N–H and O–H groups in total. The molecule has 0 fully saturated rings. The Bertz CT molecular complexity index is 609. The molecule has 0 unspecified atom stereocenters. The first-order chi connectivity index (χ1) is 8.50. The average molecular weight is 285 g/mol. The minimum absolute atomic E-state index is 0.0222. The van der Waals surface area contributed by atoms with Crippen LogP contribution in [-0.2, 0) is 0 Å². The van der Waals surface area contributed by atoms with E-state index in [0.29, 0.717) is 5.56 Å².